The summed E-state index contributed by atoms with van der Waals surface area (Å²) in [5.41, 5.74) is 13.0. The molecule has 5 heteroatoms. The predicted octanol–water partition coefficient (Wildman–Crippen LogP) is 11.9. The van der Waals surface area contributed by atoms with Gasteiger partial charge in [0.1, 0.15) is 11.5 Å². The van der Waals surface area contributed by atoms with Gasteiger partial charge in [-0.25, -0.2) is 0 Å². The van der Waals surface area contributed by atoms with Crippen LogP contribution in [-0.2, 0) is 0 Å². The molecule has 9 aromatic rings. The van der Waals surface area contributed by atoms with Crippen molar-refractivity contribution in [1.29, 1.82) is 0 Å². The molecule has 0 N–H and O–H groups in total. The smallest absolute Gasteiger partial charge is 0.137 e. The van der Waals surface area contributed by atoms with E-state index in [0.717, 1.165) is 28.6 Å². The first-order chi connectivity index (χ1) is 26.3. The fraction of sp³-hybridized carbons (Fsp3) is 0. The maximum absolute atomic E-state index is 6.78. The number of nitrogens with zero attached hydrogens (tertiary/aromatic N) is 3. The Morgan fingerprint density at radius 1 is 0.358 bits per heavy atom. The van der Waals surface area contributed by atoms with Gasteiger partial charge in [-0.1, -0.05) is 97.1 Å². The van der Waals surface area contributed by atoms with Crippen LogP contribution in [0.4, 0.5) is 34.1 Å². The summed E-state index contributed by atoms with van der Waals surface area (Å²) in [5, 5.41) is 6.44. The van der Waals surface area contributed by atoms with Crippen molar-refractivity contribution in [2.75, 3.05) is 9.80 Å². The average molecular weight is 696 g/mol. The number of benzene rings is 8. The van der Waals surface area contributed by atoms with Crippen molar-refractivity contribution in [2.24, 2.45) is 0 Å². The van der Waals surface area contributed by atoms with Crippen molar-refractivity contribution >= 4 is 79.8 Å². The largest absolute Gasteiger partial charge is 0.456 e. The molecule has 0 unspecified atom stereocenters. The first-order valence-corrected chi connectivity index (χ1v) is 19.4. The third kappa shape index (κ3) is 4.04. The summed E-state index contributed by atoms with van der Waals surface area (Å²) in [6.45, 7) is 0. The Kier molecular flexibility index (Phi) is 5.99. The SMILES string of the molecule is c1ccc(N2c3cccc4c3P3c5c(cccc5N(c5ccccc5)c5cc(-c6ccc7c8ccccc8n(-c8ccccc8)c7c6)cc2c53)O4)cc1. The van der Waals surface area contributed by atoms with Crippen LogP contribution in [0.15, 0.2) is 182 Å². The second-order valence-electron chi connectivity index (χ2n) is 13.8. The zero-order valence-electron chi connectivity index (χ0n) is 28.5. The molecule has 0 spiro atoms. The Morgan fingerprint density at radius 2 is 0.887 bits per heavy atom. The molecular formula is C48H30N3OP. The number of ether oxygens (including phenoxy) is 1. The molecule has 3 aliphatic heterocycles. The molecular weight excluding hydrogens is 666 g/mol. The maximum atomic E-state index is 6.78. The second-order valence-corrected chi connectivity index (χ2v) is 15.8. The van der Waals surface area contributed by atoms with E-state index in [2.05, 4.69) is 196 Å². The fourth-order valence-corrected chi connectivity index (χ4v) is 11.7. The number of hydrogen-bond acceptors (Lipinski definition) is 3. The highest BCUT2D eigenvalue weighted by molar-refractivity contribution is 7.81. The van der Waals surface area contributed by atoms with E-state index in [0.29, 0.717) is 0 Å². The molecule has 1 aromatic heterocycles. The lowest BCUT2D eigenvalue weighted by atomic mass is 9.99. The number of fused-ring (bicyclic) bond motifs is 3. The minimum absolute atomic E-state index is 0.909. The van der Waals surface area contributed by atoms with Gasteiger partial charge in [0.05, 0.1) is 44.4 Å². The number of anilines is 6. The van der Waals surface area contributed by atoms with Gasteiger partial charge in [-0.05, 0) is 96.1 Å². The molecule has 0 saturated carbocycles. The molecule has 53 heavy (non-hydrogen) atoms. The fourth-order valence-electron chi connectivity index (χ4n) is 8.77. The van der Waals surface area contributed by atoms with E-state index in [9.17, 15) is 0 Å². The first-order valence-electron chi connectivity index (χ1n) is 18.0. The van der Waals surface area contributed by atoms with Crippen LogP contribution in [0.1, 0.15) is 0 Å². The third-order valence-corrected chi connectivity index (χ3v) is 13.6. The predicted molar refractivity (Wildman–Crippen MR) is 221 cm³/mol. The summed E-state index contributed by atoms with van der Waals surface area (Å²) >= 11 is 0. The Labute approximate surface area is 308 Å². The highest BCUT2D eigenvalue weighted by Gasteiger charge is 2.46. The van der Waals surface area contributed by atoms with E-state index in [1.807, 2.05) is 0 Å². The molecule has 0 amide bonds. The monoisotopic (exact) mass is 695 g/mol. The number of rotatable bonds is 4. The summed E-state index contributed by atoms with van der Waals surface area (Å²) in [6, 6.07) is 66.1. The van der Waals surface area contributed by atoms with E-state index in [-0.39, 0.29) is 0 Å². The van der Waals surface area contributed by atoms with Crippen LogP contribution in [0.25, 0.3) is 38.6 Å². The van der Waals surface area contributed by atoms with Crippen LogP contribution in [0, 0.1) is 0 Å². The Hall–Kier alpha value is -6.61. The normalized spacial score (nSPS) is 13.7. The van der Waals surface area contributed by atoms with Crippen molar-refractivity contribution in [1.82, 2.24) is 4.57 Å². The lowest BCUT2D eigenvalue weighted by Gasteiger charge is -2.47. The minimum atomic E-state index is -0.909. The van der Waals surface area contributed by atoms with Crippen molar-refractivity contribution in [3.63, 3.8) is 0 Å². The number of aromatic nitrogens is 1. The second kappa shape index (κ2) is 10.9. The zero-order chi connectivity index (χ0) is 34.6. The van der Waals surface area contributed by atoms with Crippen LogP contribution in [0.2, 0.25) is 0 Å². The lowest BCUT2D eigenvalue weighted by molar-refractivity contribution is 0.488. The lowest BCUT2D eigenvalue weighted by Crippen LogP contribution is -2.43. The maximum Gasteiger partial charge on any atom is 0.137 e. The van der Waals surface area contributed by atoms with Gasteiger partial charge in [-0.3, -0.25) is 0 Å². The van der Waals surface area contributed by atoms with E-state index in [1.54, 1.807) is 0 Å². The Bertz CT molecular complexity index is 2820. The van der Waals surface area contributed by atoms with Gasteiger partial charge in [0.2, 0.25) is 0 Å². The average Bonchev–Trinajstić information content (AvgIpc) is 3.55. The van der Waals surface area contributed by atoms with E-state index < -0.39 is 7.92 Å². The summed E-state index contributed by atoms with van der Waals surface area (Å²) in [6.07, 6.45) is 0. The van der Waals surface area contributed by atoms with Gasteiger partial charge in [-0.2, -0.15) is 0 Å². The van der Waals surface area contributed by atoms with Gasteiger partial charge >= 0.3 is 0 Å². The molecule has 8 aromatic carbocycles. The molecule has 0 radical (unpaired) electrons. The van der Waals surface area contributed by atoms with E-state index in [1.165, 1.54) is 71.6 Å². The summed E-state index contributed by atoms with van der Waals surface area (Å²) in [5.74, 6) is 1.90. The Balaban J connectivity index is 1.19. The van der Waals surface area contributed by atoms with E-state index in [4.69, 9.17) is 4.74 Å². The van der Waals surface area contributed by atoms with Crippen molar-refractivity contribution in [3.05, 3.63) is 182 Å². The van der Waals surface area contributed by atoms with Crippen molar-refractivity contribution in [3.8, 4) is 28.3 Å². The molecule has 4 nitrogen and oxygen atoms in total. The standard InChI is InChI=1S/C48H30N3OP/c1-4-14-33(15-5-1)49-38-21-11-10-20-36(38)37-27-26-31(28-41(37)49)32-29-42-46-43(30-32)51(35-18-8-3-9-19-35)40-23-13-25-45-48(40)53(46)47-39(22-12-24-44(47)52-45)50(42)34-16-6-2-7-17-34/h1-30H. The highest BCUT2D eigenvalue weighted by Crippen LogP contribution is 2.62. The summed E-state index contributed by atoms with van der Waals surface area (Å²) < 4.78 is 9.19. The van der Waals surface area contributed by atoms with Crippen LogP contribution in [0.5, 0.6) is 11.5 Å². The third-order valence-electron chi connectivity index (χ3n) is 10.9. The number of hydrogen-bond donors (Lipinski definition) is 0. The minimum Gasteiger partial charge on any atom is -0.456 e. The quantitative estimate of drug-likeness (QED) is 0.171. The molecule has 4 heterocycles. The molecule has 0 aliphatic carbocycles. The summed E-state index contributed by atoms with van der Waals surface area (Å²) in [7, 11) is -0.909. The van der Waals surface area contributed by atoms with Crippen LogP contribution in [-0.4, -0.2) is 4.57 Å². The van der Waals surface area contributed by atoms with Crippen molar-refractivity contribution < 1.29 is 4.74 Å². The van der Waals surface area contributed by atoms with Gasteiger partial charge < -0.3 is 19.1 Å². The van der Waals surface area contributed by atoms with Crippen LogP contribution in [0.3, 0.4) is 0 Å². The van der Waals surface area contributed by atoms with Gasteiger partial charge in [0.15, 0.2) is 0 Å². The zero-order valence-corrected chi connectivity index (χ0v) is 29.4. The van der Waals surface area contributed by atoms with Crippen LogP contribution >= 0.6 is 7.92 Å². The molecule has 248 valence electrons. The topological polar surface area (TPSA) is 20.6 Å². The molecule has 12 rings (SSSR count). The van der Waals surface area contributed by atoms with Gasteiger partial charge in [0.25, 0.3) is 0 Å². The molecule has 0 fully saturated rings. The summed E-state index contributed by atoms with van der Waals surface area (Å²) in [4.78, 5) is 4.93. The van der Waals surface area contributed by atoms with Crippen LogP contribution < -0.4 is 30.5 Å². The van der Waals surface area contributed by atoms with Gasteiger partial charge in [0, 0.05) is 41.1 Å². The molecule has 0 saturated heterocycles. The first kappa shape index (κ1) is 29.0. The Morgan fingerprint density at radius 3 is 1.49 bits per heavy atom. The molecule has 0 bridgehead atoms. The van der Waals surface area contributed by atoms with Gasteiger partial charge in [-0.15, -0.1) is 0 Å². The number of para-hydroxylation sites is 4. The molecule has 3 aliphatic rings. The highest BCUT2D eigenvalue weighted by atomic mass is 31.1. The van der Waals surface area contributed by atoms with Crippen molar-refractivity contribution in [2.45, 2.75) is 0 Å². The van der Waals surface area contributed by atoms with E-state index >= 15 is 0 Å². The molecule has 0 atom stereocenters.